The third-order valence-corrected chi connectivity index (χ3v) is 2.26. The highest BCUT2D eigenvalue weighted by Crippen LogP contribution is 2.28. The summed E-state index contributed by atoms with van der Waals surface area (Å²) < 4.78 is 5.23. The van der Waals surface area contributed by atoms with Crippen molar-refractivity contribution >= 4 is 11.6 Å². The molecule has 0 amide bonds. The van der Waals surface area contributed by atoms with Crippen LogP contribution in [0.15, 0.2) is 36.8 Å². The molecule has 0 radical (unpaired) electrons. The molecule has 0 atom stereocenters. The maximum Gasteiger partial charge on any atom is 0.129 e. The Hall–Kier alpha value is -1.61. The molecule has 0 aliphatic heterocycles. The topological polar surface area (TPSA) is 35.0 Å². The Morgan fingerprint density at radius 3 is 2.73 bits per heavy atom. The second-order valence-corrected chi connectivity index (χ2v) is 3.33. The summed E-state index contributed by atoms with van der Waals surface area (Å²) in [5, 5.41) is 0.474. The minimum Gasteiger partial charge on any atom is -0.496 e. The van der Waals surface area contributed by atoms with Gasteiger partial charge in [-0.05, 0) is 18.2 Å². The van der Waals surface area contributed by atoms with E-state index in [1.165, 1.54) is 0 Å². The number of pyridine rings is 2. The zero-order valence-electron chi connectivity index (χ0n) is 8.14. The van der Waals surface area contributed by atoms with Crippen LogP contribution < -0.4 is 4.74 Å². The molecule has 4 heteroatoms. The first kappa shape index (κ1) is 9.93. The fourth-order valence-electron chi connectivity index (χ4n) is 1.31. The van der Waals surface area contributed by atoms with Gasteiger partial charge in [0.15, 0.2) is 0 Å². The van der Waals surface area contributed by atoms with Crippen molar-refractivity contribution in [2.75, 3.05) is 7.11 Å². The average Bonchev–Trinajstić information content (AvgIpc) is 2.30. The van der Waals surface area contributed by atoms with E-state index >= 15 is 0 Å². The van der Waals surface area contributed by atoms with E-state index in [9.17, 15) is 0 Å². The minimum atomic E-state index is 0.474. The first-order valence-corrected chi connectivity index (χ1v) is 4.79. The molecule has 0 saturated carbocycles. The third kappa shape index (κ3) is 2.07. The fourth-order valence-corrected chi connectivity index (χ4v) is 1.42. The summed E-state index contributed by atoms with van der Waals surface area (Å²) in [4.78, 5) is 8.06. The highest BCUT2D eigenvalue weighted by Gasteiger charge is 2.05. The van der Waals surface area contributed by atoms with Crippen molar-refractivity contribution in [3.05, 3.63) is 41.9 Å². The molecule has 0 aromatic carbocycles. The van der Waals surface area contributed by atoms with Gasteiger partial charge >= 0.3 is 0 Å². The number of hydrogen-bond donors (Lipinski definition) is 0. The molecule has 0 aliphatic carbocycles. The molecule has 2 aromatic rings. The smallest absolute Gasteiger partial charge is 0.129 e. The van der Waals surface area contributed by atoms with E-state index in [0.29, 0.717) is 5.15 Å². The zero-order chi connectivity index (χ0) is 10.7. The second-order valence-electron chi connectivity index (χ2n) is 2.95. The van der Waals surface area contributed by atoms with Gasteiger partial charge in [0.25, 0.3) is 0 Å². The van der Waals surface area contributed by atoms with Crippen LogP contribution in [0, 0.1) is 0 Å². The van der Waals surface area contributed by atoms with Crippen molar-refractivity contribution in [1.29, 1.82) is 0 Å². The van der Waals surface area contributed by atoms with Crippen LogP contribution in [0.2, 0.25) is 5.15 Å². The van der Waals surface area contributed by atoms with E-state index in [0.717, 1.165) is 16.9 Å². The van der Waals surface area contributed by atoms with Crippen molar-refractivity contribution in [2.24, 2.45) is 0 Å². The van der Waals surface area contributed by atoms with Crippen molar-refractivity contribution < 1.29 is 4.74 Å². The number of ether oxygens (including phenoxy) is 1. The molecule has 2 aromatic heterocycles. The van der Waals surface area contributed by atoms with E-state index < -0.39 is 0 Å². The molecule has 2 rings (SSSR count). The van der Waals surface area contributed by atoms with Gasteiger partial charge in [0.1, 0.15) is 10.9 Å². The lowest BCUT2D eigenvalue weighted by molar-refractivity contribution is 0.416. The van der Waals surface area contributed by atoms with Crippen LogP contribution in [0.3, 0.4) is 0 Å². The molecule has 0 saturated heterocycles. The SMILES string of the molecule is COc1ccncc1-c1ccc(Cl)nc1. The fraction of sp³-hybridized carbons (Fsp3) is 0.0909. The van der Waals surface area contributed by atoms with Crippen LogP contribution in [0.25, 0.3) is 11.1 Å². The number of aromatic nitrogens is 2. The number of nitrogens with zero attached hydrogens (tertiary/aromatic N) is 2. The number of hydrogen-bond acceptors (Lipinski definition) is 3. The predicted octanol–water partition coefficient (Wildman–Crippen LogP) is 2.81. The molecular weight excluding hydrogens is 212 g/mol. The Morgan fingerprint density at radius 2 is 2.07 bits per heavy atom. The van der Waals surface area contributed by atoms with Crippen LogP contribution in [-0.2, 0) is 0 Å². The van der Waals surface area contributed by atoms with Gasteiger partial charge in [-0.1, -0.05) is 11.6 Å². The Kier molecular flexibility index (Phi) is 2.83. The van der Waals surface area contributed by atoms with Crippen molar-refractivity contribution in [3.63, 3.8) is 0 Å². The highest BCUT2D eigenvalue weighted by atomic mass is 35.5. The van der Waals surface area contributed by atoms with Gasteiger partial charge in [-0.2, -0.15) is 0 Å². The van der Waals surface area contributed by atoms with Crippen LogP contribution >= 0.6 is 11.6 Å². The predicted molar refractivity (Wildman–Crippen MR) is 59.0 cm³/mol. The van der Waals surface area contributed by atoms with E-state index in [2.05, 4.69) is 9.97 Å². The molecular formula is C11H9ClN2O. The van der Waals surface area contributed by atoms with Gasteiger partial charge < -0.3 is 4.74 Å². The number of methoxy groups -OCH3 is 1. The lowest BCUT2D eigenvalue weighted by Crippen LogP contribution is -1.89. The maximum absolute atomic E-state index is 5.71. The van der Waals surface area contributed by atoms with Crippen LogP contribution in [0.4, 0.5) is 0 Å². The first-order valence-electron chi connectivity index (χ1n) is 4.41. The molecule has 15 heavy (non-hydrogen) atoms. The summed E-state index contributed by atoms with van der Waals surface area (Å²) in [7, 11) is 1.63. The van der Waals surface area contributed by atoms with Gasteiger partial charge in [-0.3, -0.25) is 4.98 Å². The van der Waals surface area contributed by atoms with Gasteiger partial charge in [-0.15, -0.1) is 0 Å². The maximum atomic E-state index is 5.71. The quantitative estimate of drug-likeness (QED) is 0.730. The number of rotatable bonds is 2. The highest BCUT2D eigenvalue weighted by molar-refractivity contribution is 6.29. The summed E-state index contributed by atoms with van der Waals surface area (Å²) in [5.41, 5.74) is 1.84. The summed E-state index contributed by atoms with van der Waals surface area (Å²) in [6, 6.07) is 5.43. The molecule has 76 valence electrons. The largest absolute Gasteiger partial charge is 0.496 e. The van der Waals surface area contributed by atoms with Gasteiger partial charge in [0.05, 0.1) is 7.11 Å². The van der Waals surface area contributed by atoms with E-state index in [-0.39, 0.29) is 0 Å². The van der Waals surface area contributed by atoms with Crippen molar-refractivity contribution in [1.82, 2.24) is 9.97 Å². The van der Waals surface area contributed by atoms with Gasteiger partial charge in [-0.25, -0.2) is 4.98 Å². The Morgan fingerprint density at radius 1 is 1.20 bits per heavy atom. The van der Waals surface area contributed by atoms with E-state index in [1.807, 2.05) is 12.1 Å². The Balaban J connectivity index is 2.49. The van der Waals surface area contributed by atoms with Crippen LogP contribution in [-0.4, -0.2) is 17.1 Å². The average molecular weight is 221 g/mol. The summed E-state index contributed by atoms with van der Waals surface area (Å²) in [5.74, 6) is 0.772. The molecule has 3 nitrogen and oxygen atoms in total. The van der Waals surface area contributed by atoms with Gasteiger partial charge in [0, 0.05) is 29.7 Å². The molecule has 0 fully saturated rings. The molecule has 0 bridgehead atoms. The zero-order valence-corrected chi connectivity index (χ0v) is 8.90. The molecule has 0 aliphatic rings. The summed E-state index contributed by atoms with van der Waals surface area (Å²) >= 11 is 5.71. The monoisotopic (exact) mass is 220 g/mol. The standard InChI is InChI=1S/C11H9ClN2O/c1-15-10-4-5-13-7-9(10)8-2-3-11(12)14-6-8/h2-7H,1H3. The van der Waals surface area contributed by atoms with E-state index in [1.54, 1.807) is 31.8 Å². The molecule has 0 spiro atoms. The second kappa shape index (κ2) is 4.28. The molecule has 2 heterocycles. The molecule has 0 unspecified atom stereocenters. The Bertz CT molecular complexity index is 456. The molecule has 0 N–H and O–H groups in total. The van der Waals surface area contributed by atoms with Crippen LogP contribution in [0.5, 0.6) is 5.75 Å². The van der Waals surface area contributed by atoms with Crippen molar-refractivity contribution in [3.8, 4) is 16.9 Å². The van der Waals surface area contributed by atoms with Gasteiger partial charge in [0.2, 0.25) is 0 Å². The lowest BCUT2D eigenvalue weighted by Gasteiger charge is -2.06. The third-order valence-electron chi connectivity index (χ3n) is 2.04. The first-order chi connectivity index (χ1) is 7.31. The Labute approximate surface area is 92.7 Å². The van der Waals surface area contributed by atoms with Crippen molar-refractivity contribution in [2.45, 2.75) is 0 Å². The van der Waals surface area contributed by atoms with E-state index in [4.69, 9.17) is 16.3 Å². The lowest BCUT2D eigenvalue weighted by atomic mass is 10.1. The normalized spacial score (nSPS) is 10.0. The minimum absolute atomic E-state index is 0.474. The summed E-state index contributed by atoms with van der Waals surface area (Å²) in [6.45, 7) is 0. The number of halogens is 1. The summed E-state index contributed by atoms with van der Waals surface area (Å²) in [6.07, 6.45) is 5.12. The van der Waals surface area contributed by atoms with Crippen LogP contribution in [0.1, 0.15) is 0 Å².